The Morgan fingerprint density at radius 1 is 1.13 bits per heavy atom. The smallest absolute Gasteiger partial charge is 0.254 e. The summed E-state index contributed by atoms with van der Waals surface area (Å²) in [7, 11) is 2.07. The van der Waals surface area contributed by atoms with Gasteiger partial charge in [0.15, 0.2) is 5.82 Å². The van der Waals surface area contributed by atoms with Gasteiger partial charge in [-0.25, -0.2) is 9.97 Å². The van der Waals surface area contributed by atoms with Crippen molar-refractivity contribution in [3.63, 3.8) is 0 Å². The van der Waals surface area contributed by atoms with Gasteiger partial charge in [-0.05, 0) is 24.6 Å². The summed E-state index contributed by atoms with van der Waals surface area (Å²) < 4.78 is 0.907. The molecule has 0 radical (unpaired) electrons. The molecule has 1 aliphatic heterocycles. The fourth-order valence-corrected chi connectivity index (χ4v) is 4.25. The van der Waals surface area contributed by atoms with Gasteiger partial charge < -0.3 is 9.80 Å². The number of benzene rings is 2. The van der Waals surface area contributed by atoms with E-state index in [1.807, 2.05) is 59.5 Å². The van der Waals surface area contributed by atoms with Gasteiger partial charge in [0.25, 0.3) is 5.91 Å². The van der Waals surface area contributed by atoms with E-state index >= 15 is 0 Å². The van der Waals surface area contributed by atoms with Crippen LogP contribution in [0.1, 0.15) is 35.0 Å². The molecule has 1 amide bonds. The Bertz CT molecular complexity index is 1050. The van der Waals surface area contributed by atoms with Gasteiger partial charge in [-0.3, -0.25) is 4.79 Å². The zero-order chi connectivity index (χ0) is 21.1. The maximum Gasteiger partial charge on any atom is 0.254 e. The van der Waals surface area contributed by atoms with E-state index in [1.165, 1.54) is 0 Å². The largest absolute Gasteiger partial charge is 0.359 e. The predicted octanol–water partition coefficient (Wildman–Crippen LogP) is 4.95. The minimum atomic E-state index is 0.0400. The van der Waals surface area contributed by atoms with E-state index in [0.29, 0.717) is 18.7 Å². The second-order valence-corrected chi connectivity index (χ2v) is 8.49. The molecule has 5 nitrogen and oxygen atoms in total. The van der Waals surface area contributed by atoms with Crippen molar-refractivity contribution in [2.45, 2.75) is 26.3 Å². The van der Waals surface area contributed by atoms with Gasteiger partial charge in [0.2, 0.25) is 0 Å². The predicted molar refractivity (Wildman–Crippen MR) is 124 cm³/mol. The molecule has 0 bridgehead atoms. The van der Waals surface area contributed by atoms with Crippen molar-refractivity contribution >= 4 is 27.7 Å². The highest BCUT2D eigenvalue weighted by Crippen LogP contribution is 2.30. The van der Waals surface area contributed by atoms with Gasteiger partial charge >= 0.3 is 0 Å². The van der Waals surface area contributed by atoms with Crippen LogP contribution in [-0.2, 0) is 13.0 Å². The lowest BCUT2D eigenvalue weighted by atomic mass is 10.0. The van der Waals surface area contributed by atoms with Crippen LogP contribution >= 0.6 is 15.9 Å². The zero-order valence-electron chi connectivity index (χ0n) is 17.3. The van der Waals surface area contributed by atoms with E-state index in [2.05, 4.69) is 34.8 Å². The molecule has 2 heterocycles. The third kappa shape index (κ3) is 4.24. The number of anilines is 1. The molecular weight excluding hydrogens is 440 g/mol. The monoisotopic (exact) mass is 464 g/mol. The molecule has 0 saturated carbocycles. The van der Waals surface area contributed by atoms with Crippen molar-refractivity contribution in [3.8, 4) is 11.4 Å². The maximum absolute atomic E-state index is 13.1. The molecule has 3 aromatic rings. The molecule has 1 aromatic heterocycles. The van der Waals surface area contributed by atoms with E-state index < -0.39 is 0 Å². The second-order valence-electron chi connectivity index (χ2n) is 7.57. The molecule has 0 atom stereocenters. The van der Waals surface area contributed by atoms with Crippen molar-refractivity contribution in [1.82, 2.24) is 14.9 Å². The van der Waals surface area contributed by atoms with Crippen molar-refractivity contribution < 1.29 is 4.79 Å². The molecule has 6 heteroatoms. The van der Waals surface area contributed by atoms with Crippen LogP contribution in [0.15, 0.2) is 59.1 Å². The quantitative estimate of drug-likeness (QED) is 0.535. The molecule has 2 aromatic carbocycles. The van der Waals surface area contributed by atoms with Crippen molar-refractivity contribution in [1.29, 1.82) is 0 Å². The highest BCUT2D eigenvalue weighted by atomic mass is 79.9. The lowest BCUT2D eigenvalue weighted by molar-refractivity contribution is 0.0733. The lowest BCUT2D eigenvalue weighted by Crippen LogP contribution is -2.38. The molecule has 4 rings (SSSR count). The first-order chi connectivity index (χ1) is 14.6. The van der Waals surface area contributed by atoms with Crippen molar-refractivity contribution in [2.24, 2.45) is 0 Å². The highest BCUT2D eigenvalue weighted by Gasteiger charge is 2.27. The van der Waals surface area contributed by atoms with E-state index in [0.717, 1.165) is 52.3 Å². The second kappa shape index (κ2) is 8.96. The lowest BCUT2D eigenvalue weighted by Gasteiger charge is -2.32. The van der Waals surface area contributed by atoms with Gasteiger partial charge in [0, 0.05) is 47.7 Å². The fourth-order valence-electron chi connectivity index (χ4n) is 3.85. The summed E-state index contributed by atoms with van der Waals surface area (Å²) in [5.41, 5.74) is 3.80. The Hall–Kier alpha value is -2.73. The topological polar surface area (TPSA) is 49.3 Å². The third-order valence-electron chi connectivity index (χ3n) is 5.35. The Morgan fingerprint density at radius 3 is 2.67 bits per heavy atom. The van der Waals surface area contributed by atoms with Gasteiger partial charge in [-0.15, -0.1) is 0 Å². The van der Waals surface area contributed by atoms with E-state index in [-0.39, 0.29) is 5.91 Å². The molecule has 0 N–H and O–H groups in total. The molecule has 154 valence electrons. The van der Waals surface area contributed by atoms with Crippen molar-refractivity contribution in [3.05, 3.63) is 75.9 Å². The zero-order valence-corrected chi connectivity index (χ0v) is 18.9. The maximum atomic E-state index is 13.1. The Balaban J connectivity index is 1.71. The van der Waals surface area contributed by atoms with Gasteiger partial charge in [-0.1, -0.05) is 59.3 Å². The summed E-state index contributed by atoms with van der Waals surface area (Å²) in [5.74, 6) is 1.71. The van der Waals surface area contributed by atoms with Crippen LogP contribution in [0.5, 0.6) is 0 Å². The van der Waals surface area contributed by atoms with Gasteiger partial charge in [0.1, 0.15) is 5.82 Å². The number of carbonyl (C=O) groups is 1. The van der Waals surface area contributed by atoms with Gasteiger partial charge in [0.05, 0.1) is 12.2 Å². The minimum Gasteiger partial charge on any atom is -0.359 e. The molecule has 0 aliphatic carbocycles. The Labute approximate surface area is 185 Å². The molecule has 1 aliphatic rings. The molecule has 0 spiro atoms. The van der Waals surface area contributed by atoms with Crippen LogP contribution in [0.25, 0.3) is 11.4 Å². The first-order valence-corrected chi connectivity index (χ1v) is 11.1. The first kappa shape index (κ1) is 20.5. The number of rotatable bonds is 5. The van der Waals surface area contributed by atoms with Crippen LogP contribution in [0, 0.1) is 0 Å². The van der Waals surface area contributed by atoms with Gasteiger partial charge in [-0.2, -0.15) is 0 Å². The summed E-state index contributed by atoms with van der Waals surface area (Å²) in [6.45, 7) is 4.24. The molecule has 0 unspecified atom stereocenters. The van der Waals surface area contributed by atoms with Crippen LogP contribution in [0.2, 0.25) is 0 Å². The first-order valence-electron chi connectivity index (χ1n) is 10.3. The summed E-state index contributed by atoms with van der Waals surface area (Å²) >= 11 is 3.46. The molecule has 0 fully saturated rings. The van der Waals surface area contributed by atoms with Crippen LogP contribution in [0.3, 0.4) is 0 Å². The molecule has 0 saturated heterocycles. The highest BCUT2D eigenvalue weighted by molar-refractivity contribution is 9.10. The summed E-state index contributed by atoms with van der Waals surface area (Å²) in [6, 6.07) is 17.6. The molecular formula is C24H25BrN4O. The number of fused-ring (bicyclic) bond motifs is 1. The number of hydrogen-bond donors (Lipinski definition) is 0. The average molecular weight is 465 g/mol. The normalized spacial score (nSPS) is 13.1. The van der Waals surface area contributed by atoms with Crippen LogP contribution in [0.4, 0.5) is 5.82 Å². The fraction of sp³-hybridized carbons (Fsp3) is 0.292. The SMILES string of the molecule is CCCN(C)c1nc(-c2ccccc2)nc2c1CN(C(=O)c1cccc(Br)c1)CC2. The minimum absolute atomic E-state index is 0.0400. The third-order valence-corrected chi connectivity index (χ3v) is 5.84. The summed E-state index contributed by atoms with van der Waals surface area (Å²) in [4.78, 5) is 27.0. The Morgan fingerprint density at radius 2 is 1.93 bits per heavy atom. The number of nitrogens with zero attached hydrogens (tertiary/aromatic N) is 4. The average Bonchev–Trinajstić information content (AvgIpc) is 2.78. The molecule has 30 heavy (non-hydrogen) atoms. The number of amides is 1. The standard InChI is InChI=1S/C24H25BrN4O/c1-3-13-28(2)23-20-16-29(24(30)18-10-7-11-19(25)15-18)14-12-21(20)26-22(27-23)17-8-5-4-6-9-17/h4-11,15H,3,12-14,16H2,1-2H3. The number of aromatic nitrogens is 2. The number of halogens is 1. The van der Waals surface area contributed by atoms with Crippen molar-refractivity contribution in [2.75, 3.05) is 25.0 Å². The number of hydrogen-bond acceptors (Lipinski definition) is 4. The summed E-state index contributed by atoms with van der Waals surface area (Å²) in [5, 5.41) is 0. The van der Waals surface area contributed by atoms with Crippen LogP contribution < -0.4 is 4.90 Å². The Kier molecular flexibility index (Phi) is 6.13. The van der Waals surface area contributed by atoms with E-state index in [1.54, 1.807) is 0 Å². The van der Waals surface area contributed by atoms with E-state index in [4.69, 9.17) is 9.97 Å². The number of carbonyl (C=O) groups excluding carboxylic acids is 1. The summed E-state index contributed by atoms with van der Waals surface area (Å²) in [6.07, 6.45) is 1.75. The van der Waals surface area contributed by atoms with Crippen LogP contribution in [-0.4, -0.2) is 40.9 Å². The van der Waals surface area contributed by atoms with E-state index in [9.17, 15) is 4.79 Å².